The van der Waals surface area contributed by atoms with Gasteiger partial charge >= 0.3 is 0 Å². The number of nitro groups is 1. The van der Waals surface area contributed by atoms with Crippen molar-refractivity contribution in [1.82, 2.24) is 9.88 Å². The normalized spacial score (nSPS) is 10.9. The third-order valence-corrected chi connectivity index (χ3v) is 7.07. The van der Waals surface area contributed by atoms with Gasteiger partial charge in [-0.25, -0.2) is 0 Å². The van der Waals surface area contributed by atoms with Crippen LogP contribution in [0.5, 0.6) is 0 Å². The molecule has 0 unspecified atom stereocenters. The first-order valence-corrected chi connectivity index (χ1v) is 12.8. The van der Waals surface area contributed by atoms with E-state index in [0.29, 0.717) is 18.7 Å². The first kappa shape index (κ1) is 26.0. The lowest BCUT2D eigenvalue weighted by Crippen LogP contribution is -2.27. The second-order valence-corrected chi connectivity index (χ2v) is 9.89. The molecule has 4 rings (SSSR count). The highest BCUT2D eigenvalue weighted by atomic mass is 32.2. The molecule has 2 amide bonds. The Kier molecular flexibility index (Phi) is 7.93. The Morgan fingerprint density at radius 2 is 1.68 bits per heavy atom. The Labute approximate surface area is 219 Å². The van der Waals surface area contributed by atoms with E-state index in [1.165, 1.54) is 41.6 Å². The zero-order chi connectivity index (χ0) is 26.5. The first-order valence-electron chi connectivity index (χ1n) is 11.8. The van der Waals surface area contributed by atoms with Gasteiger partial charge in [-0.05, 0) is 50.1 Å². The highest BCUT2D eigenvalue weighted by Gasteiger charge is 2.14. The maximum atomic E-state index is 12.7. The van der Waals surface area contributed by atoms with Crippen molar-refractivity contribution in [3.8, 4) is 0 Å². The lowest BCUT2D eigenvalue weighted by Gasteiger charge is -2.12. The number of para-hydroxylation sites is 1. The van der Waals surface area contributed by atoms with E-state index in [1.807, 2.05) is 51.2 Å². The number of amides is 2. The van der Waals surface area contributed by atoms with Gasteiger partial charge in [0, 0.05) is 58.5 Å². The number of hydrogen-bond donors (Lipinski definition) is 2. The van der Waals surface area contributed by atoms with Gasteiger partial charge in [-0.3, -0.25) is 19.7 Å². The molecule has 0 saturated carbocycles. The Morgan fingerprint density at radius 3 is 2.35 bits per heavy atom. The van der Waals surface area contributed by atoms with Gasteiger partial charge in [-0.1, -0.05) is 35.9 Å². The average Bonchev–Trinajstić information content (AvgIpc) is 3.22. The SMILES string of the molecule is Cc1cc(C)c(NC(=O)CSc2cn(CCNC(=O)c3ccc([N+](=O)[O-])cc3)c3ccccc23)c(C)c1. The van der Waals surface area contributed by atoms with Crippen LogP contribution in [0.3, 0.4) is 0 Å². The van der Waals surface area contributed by atoms with E-state index in [2.05, 4.69) is 27.3 Å². The van der Waals surface area contributed by atoms with Gasteiger partial charge in [0.1, 0.15) is 0 Å². The smallest absolute Gasteiger partial charge is 0.269 e. The summed E-state index contributed by atoms with van der Waals surface area (Å²) in [6.45, 7) is 6.95. The fourth-order valence-electron chi connectivity index (χ4n) is 4.34. The summed E-state index contributed by atoms with van der Waals surface area (Å²) >= 11 is 1.48. The number of fused-ring (bicyclic) bond motifs is 1. The predicted molar refractivity (Wildman–Crippen MR) is 147 cm³/mol. The molecular weight excluding hydrogens is 488 g/mol. The number of non-ortho nitro benzene ring substituents is 1. The molecule has 4 aromatic rings. The van der Waals surface area contributed by atoms with Crippen molar-refractivity contribution in [3.63, 3.8) is 0 Å². The average molecular weight is 517 g/mol. The van der Waals surface area contributed by atoms with Crippen LogP contribution in [0.2, 0.25) is 0 Å². The quantitative estimate of drug-likeness (QED) is 0.170. The summed E-state index contributed by atoms with van der Waals surface area (Å²) < 4.78 is 2.06. The Hall–Kier alpha value is -4.11. The third-order valence-electron chi connectivity index (χ3n) is 6.03. The number of anilines is 1. The topological polar surface area (TPSA) is 106 Å². The fraction of sp³-hybridized carbons (Fsp3) is 0.214. The molecule has 0 aliphatic carbocycles. The van der Waals surface area contributed by atoms with Crippen LogP contribution in [0, 0.1) is 30.9 Å². The number of nitro benzene ring substituents is 1. The van der Waals surface area contributed by atoms with Crippen molar-refractivity contribution in [2.24, 2.45) is 0 Å². The van der Waals surface area contributed by atoms with Gasteiger partial charge in [0.15, 0.2) is 0 Å². The number of carbonyl (C=O) groups excluding carboxylic acids is 2. The molecule has 0 aliphatic rings. The van der Waals surface area contributed by atoms with Gasteiger partial charge in [-0.15, -0.1) is 11.8 Å². The largest absolute Gasteiger partial charge is 0.350 e. The summed E-state index contributed by atoms with van der Waals surface area (Å²) in [5, 5.41) is 17.8. The number of aromatic nitrogens is 1. The monoisotopic (exact) mass is 516 g/mol. The van der Waals surface area contributed by atoms with Crippen LogP contribution >= 0.6 is 11.8 Å². The minimum Gasteiger partial charge on any atom is -0.350 e. The van der Waals surface area contributed by atoms with E-state index < -0.39 is 4.92 Å². The fourth-order valence-corrected chi connectivity index (χ4v) is 5.22. The molecule has 190 valence electrons. The zero-order valence-corrected chi connectivity index (χ0v) is 21.7. The van der Waals surface area contributed by atoms with Crippen LogP contribution in [0.4, 0.5) is 11.4 Å². The molecule has 0 aliphatic heterocycles. The van der Waals surface area contributed by atoms with E-state index >= 15 is 0 Å². The van der Waals surface area contributed by atoms with Crippen molar-refractivity contribution in [2.45, 2.75) is 32.2 Å². The van der Waals surface area contributed by atoms with E-state index in [9.17, 15) is 19.7 Å². The van der Waals surface area contributed by atoms with Gasteiger partial charge in [0.25, 0.3) is 11.6 Å². The molecule has 0 radical (unpaired) electrons. The van der Waals surface area contributed by atoms with Gasteiger partial charge in [-0.2, -0.15) is 0 Å². The van der Waals surface area contributed by atoms with Gasteiger partial charge in [0.2, 0.25) is 5.91 Å². The predicted octanol–water partition coefficient (Wildman–Crippen LogP) is 5.64. The summed E-state index contributed by atoms with van der Waals surface area (Å²) in [4.78, 5) is 36.5. The Balaban J connectivity index is 1.39. The number of rotatable bonds is 9. The molecule has 0 saturated heterocycles. The third kappa shape index (κ3) is 6.18. The van der Waals surface area contributed by atoms with E-state index in [1.54, 1.807) is 0 Å². The standard InChI is InChI=1S/C28H28N4O4S/c1-18-14-19(2)27(20(3)15-18)30-26(33)17-37-25-16-31(24-7-5-4-6-23(24)25)13-12-29-28(34)21-8-10-22(11-9-21)32(35)36/h4-11,14-16H,12-13,17H2,1-3H3,(H,29,34)(H,30,33). The number of benzene rings is 3. The van der Waals surface area contributed by atoms with Crippen LogP contribution in [0.25, 0.3) is 10.9 Å². The molecule has 3 aromatic carbocycles. The molecule has 0 bridgehead atoms. The molecule has 0 fully saturated rings. The number of aryl methyl sites for hydroxylation is 3. The first-order chi connectivity index (χ1) is 17.7. The molecule has 37 heavy (non-hydrogen) atoms. The van der Waals surface area contributed by atoms with Crippen LogP contribution in [-0.4, -0.2) is 33.6 Å². The van der Waals surface area contributed by atoms with Crippen LogP contribution in [0.1, 0.15) is 27.0 Å². The summed E-state index contributed by atoms with van der Waals surface area (Å²) in [5.41, 5.74) is 5.44. The van der Waals surface area contributed by atoms with Crippen LogP contribution in [0.15, 0.2) is 71.8 Å². The molecular formula is C28H28N4O4S. The molecule has 1 aromatic heterocycles. The molecule has 9 heteroatoms. The second kappa shape index (κ2) is 11.3. The number of nitrogens with zero attached hydrogens (tertiary/aromatic N) is 2. The van der Waals surface area contributed by atoms with Crippen LogP contribution < -0.4 is 10.6 Å². The van der Waals surface area contributed by atoms with Crippen molar-refractivity contribution >= 4 is 45.9 Å². The minimum atomic E-state index is -0.497. The summed E-state index contributed by atoms with van der Waals surface area (Å²) in [7, 11) is 0. The maximum absolute atomic E-state index is 12.7. The number of nitrogens with one attached hydrogen (secondary N) is 2. The highest BCUT2D eigenvalue weighted by Crippen LogP contribution is 2.30. The number of thioether (sulfide) groups is 1. The zero-order valence-electron chi connectivity index (χ0n) is 20.9. The highest BCUT2D eigenvalue weighted by molar-refractivity contribution is 8.00. The summed E-state index contributed by atoms with van der Waals surface area (Å²) in [6.07, 6.45) is 2.00. The minimum absolute atomic E-state index is 0.0572. The van der Waals surface area contributed by atoms with Crippen molar-refractivity contribution < 1.29 is 14.5 Å². The maximum Gasteiger partial charge on any atom is 0.269 e. The van der Waals surface area contributed by atoms with E-state index in [0.717, 1.165) is 32.6 Å². The molecule has 0 spiro atoms. The van der Waals surface area contributed by atoms with Crippen molar-refractivity contribution in [3.05, 3.63) is 99.2 Å². The van der Waals surface area contributed by atoms with E-state index in [4.69, 9.17) is 0 Å². The van der Waals surface area contributed by atoms with Gasteiger partial charge in [0.05, 0.1) is 10.7 Å². The van der Waals surface area contributed by atoms with E-state index in [-0.39, 0.29) is 23.3 Å². The molecule has 0 atom stereocenters. The molecule has 1 heterocycles. The number of carbonyl (C=O) groups is 2. The Morgan fingerprint density at radius 1 is 1.00 bits per heavy atom. The second-order valence-electron chi connectivity index (χ2n) is 8.87. The van der Waals surface area contributed by atoms with Gasteiger partial charge < -0.3 is 15.2 Å². The molecule has 2 N–H and O–H groups in total. The van der Waals surface area contributed by atoms with Crippen LogP contribution in [-0.2, 0) is 11.3 Å². The van der Waals surface area contributed by atoms with Crippen molar-refractivity contribution in [1.29, 1.82) is 0 Å². The summed E-state index contributed by atoms with van der Waals surface area (Å²) in [5.74, 6) is -0.0796. The summed E-state index contributed by atoms with van der Waals surface area (Å²) in [6, 6.07) is 17.6. The lowest BCUT2D eigenvalue weighted by atomic mass is 10.1. The lowest BCUT2D eigenvalue weighted by molar-refractivity contribution is -0.384. The van der Waals surface area contributed by atoms with Crippen molar-refractivity contribution in [2.75, 3.05) is 17.6 Å². The molecule has 8 nitrogen and oxygen atoms in total. The number of hydrogen-bond acceptors (Lipinski definition) is 5. The Bertz CT molecular complexity index is 1450.